The van der Waals surface area contributed by atoms with Gasteiger partial charge < -0.3 is 25.6 Å². The van der Waals surface area contributed by atoms with E-state index in [9.17, 15) is 22.8 Å². The molecule has 1 fully saturated rings. The average Bonchev–Trinajstić information content (AvgIpc) is 2.82. The second kappa shape index (κ2) is 11.7. The number of alkyl halides is 3. The first kappa shape index (κ1) is 25.4. The van der Waals surface area contributed by atoms with Crippen molar-refractivity contribution in [1.82, 2.24) is 5.32 Å². The van der Waals surface area contributed by atoms with E-state index in [-0.39, 0.29) is 11.6 Å². The van der Waals surface area contributed by atoms with E-state index < -0.39 is 17.8 Å². The monoisotopic (exact) mass is 478 g/mol. The van der Waals surface area contributed by atoms with Crippen LogP contribution in [0.3, 0.4) is 0 Å². The third-order valence-corrected chi connectivity index (χ3v) is 5.49. The molecule has 0 bridgehead atoms. The van der Waals surface area contributed by atoms with E-state index in [0.717, 1.165) is 44.1 Å². The Balaban J connectivity index is 1.78. The smallest absolute Gasteiger partial charge is 0.385 e. The fourth-order valence-electron chi connectivity index (χ4n) is 3.84. The lowest BCUT2D eigenvalue weighted by atomic mass is 10.1. The van der Waals surface area contributed by atoms with Gasteiger partial charge in [0.2, 0.25) is 0 Å². The summed E-state index contributed by atoms with van der Waals surface area (Å²) in [6.07, 6.45) is -0.769. The van der Waals surface area contributed by atoms with Gasteiger partial charge in [0.1, 0.15) is 0 Å². The third-order valence-electron chi connectivity index (χ3n) is 5.49. The molecule has 0 atom stereocenters. The van der Waals surface area contributed by atoms with Gasteiger partial charge >= 0.3 is 12.2 Å². The number of carbonyl (C=O) groups excluding carboxylic acids is 2. The predicted molar refractivity (Wildman–Crippen MR) is 125 cm³/mol. The van der Waals surface area contributed by atoms with Crippen LogP contribution in [0.15, 0.2) is 42.5 Å². The highest BCUT2D eigenvalue weighted by Crippen LogP contribution is 2.34. The normalized spacial score (nSPS) is 13.9. The number of benzene rings is 2. The number of ether oxygens (including phenoxy) is 1. The molecule has 1 aliphatic rings. The highest BCUT2D eigenvalue weighted by molar-refractivity contribution is 6.04. The number of hydrogen-bond donors (Lipinski definition) is 3. The van der Waals surface area contributed by atoms with E-state index in [0.29, 0.717) is 30.8 Å². The molecule has 3 N–H and O–H groups in total. The van der Waals surface area contributed by atoms with Gasteiger partial charge in [-0.1, -0.05) is 12.1 Å². The van der Waals surface area contributed by atoms with Crippen molar-refractivity contribution in [1.29, 1.82) is 0 Å². The van der Waals surface area contributed by atoms with Crippen LogP contribution in [0.25, 0.3) is 0 Å². The molecule has 0 unspecified atom stereocenters. The predicted octanol–water partition coefficient (Wildman–Crippen LogP) is 5.11. The molecule has 0 aromatic heterocycles. The van der Waals surface area contributed by atoms with Gasteiger partial charge in [-0.15, -0.1) is 0 Å². The van der Waals surface area contributed by atoms with Crippen molar-refractivity contribution in [3.05, 3.63) is 53.6 Å². The van der Waals surface area contributed by atoms with E-state index in [4.69, 9.17) is 4.74 Å². The summed E-state index contributed by atoms with van der Waals surface area (Å²) in [4.78, 5) is 27.5. The number of nitrogens with one attached hydrogen (secondary N) is 3. The third kappa shape index (κ3) is 6.86. The molecule has 7 nitrogen and oxygen atoms in total. The highest BCUT2D eigenvalue weighted by Gasteiger charge is 2.33. The quantitative estimate of drug-likeness (QED) is 0.461. The van der Waals surface area contributed by atoms with Crippen LogP contribution in [0, 0.1) is 0 Å². The minimum absolute atomic E-state index is 0.289. The van der Waals surface area contributed by atoms with E-state index in [1.165, 1.54) is 18.2 Å². The first-order valence-corrected chi connectivity index (χ1v) is 11.2. The summed E-state index contributed by atoms with van der Waals surface area (Å²) >= 11 is 0. The molecule has 0 saturated carbocycles. The second-order valence-corrected chi connectivity index (χ2v) is 8.00. The molecule has 2 aromatic rings. The van der Waals surface area contributed by atoms with Crippen LogP contribution in [-0.2, 0) is 10.9 Å². The molecule has 1 aliphatic heterocycles. The number of methoxy groups -OCH3 is 1. The SMILES string of the molecule is COCCCNC(=O)c1cc(NC(=O)Nc2ccccc2C(F)(F)F)ccc1N1CCCCC1. The zero-order valence-electron chi connectivity index (χ0n) is 19.0. The van der Waals surface area contributed by atoms with E-state index >= 15 is 0 Å². The van der Waals surface area contributed by atoms with Crippen molar-refractivity contribution in [2.24, 2.45) is 0 Å². The maximum Gasteiger partial charge on any atom is 0.418 e. The maximum atomic E-state index is 13.2. The molecule has 3 rings (SSSR count). The van der Waals surface area contributed by atoms with Crippen molar-refractivity contribution in [3.63, 3.8) is 0 Å². The summed E-state index contributed by atoms with van der Waals surface area (Å²) in [7, 11) is 1.59. The summed E-state index contributed by atoms with van der Waals surface area (Å²) in [5.74, 6) is -0.289. The van der Waals surface area contributed by atoms with Crippen LogP contribution >= 0.6 is 0 Å². The van der Waals surface area contributed by atoms with Gasteiger partial charge in [0, 0.05) is 44.7 Å². The number of piperidine rings is 1. The zero-order valence-corrected chi connectivity index (χ0v) is 19.0. The number of carbonyl (C=O) groups is 2. The number of nitrogens with zero attached hydrogens (tertiary/aromatic N) is 1. The fraction of sp³-hybridized carbons (Fsp3) is 0.417. The Bertz CT molecular complexity index is 992. The lowest BCUT2D eigenvalue weighted by Gasteiger charge is -2.30. The van der Waals surface area contributed by atoms with Crippen molar-refractivity contribution in [3.8, 4) is 0 Å². The minimum atomic E-state index is -4.60. The molecular weight excluding hydrogens is 449 g/mol. The van der Waals surface area contributed by atoms with Crippen LogP contribution in [0.2, 0.25) is 0 Å². The highest BCUT2D eigenvalue weighted by atomic mass is 19.4. The Hall–Kier alpha value is -3.27. The standard InChI is InChI=1S/C24H29F3N4O3/c1-34-15-7-12-28-22(32)18-16-17(10-11-21(18)31-13-5-2-6-14-31)29-23(33)30-20-9-4-3-8-19(20)24(25,26)27/h3-4,8-11,16H,2,5-7,12-15H2,1H3,(H,28,32)(H2,29,30,33). The molecule has 1 heterocycles. The lowest BCUT2D eigenvalue weighted by Crippen LogP contribution is -2.33. The Morgan fingerprint density at radius 2 is 1.76 bits per heavy atom. The molecule has 3 amide bonds. The molecule has 1 saturated heterocycles. The first-order chi connectivity index (χ1) is 16.3. The molecule has 0 spiro atoms. The molecule has 184 valence electrons. The van der Waals surface area contributed by atoms with Crippen molar-refractivity contribution in [2.45, 2.75) is 31.9 Å². The summed E-state index contributed by atoms with van der Waals surface area (Å²) in [5.41, 5.74) is 0.158. The second-order valence-electron chi connectivity index (χ2n) is 8.00. The maximum absolute atomic E-state index is 13.2. The fourth-order valence-corrected chi connectivity index (χ4v) is 3.84. The topological polar surface area (TPSA) is 82.7 Å². The van der Waals surface area contributed by atoms with Crippen molar-refractivity contribution in [2.75, 3.05) is 48.9 Å². The number of hydrogen-bond acceptors (Lipinski definition) is 4. The average molecular weight is 479 g/mol. The van der Waals surface area contributed by atoms with Crippen molar-refractivity contribution < 1.29 is 27.5 Å². The van der Waals surface area contributed by atoms with Crippen LogP contribution in [0.1, 0.15) is 41.6 Å². The number of anilines is 3. The summed E-state index contributed by atoms with van der Waals surface area (Å²) in [5, 5.41) is 7.64. The Kier molecular flexibility index (Phi) is 8.75. The molecule has 0 aliphatic carbocycles. The number of halogens is 3. The van der Waals surface area contributed by atoms with Gasteiger partial charge in [0.25, 0.3) is 5.91 Å². The van der Waals surface area contributed by atoms with Gasteiger partial charge in [0.05, 0.1) is 16.8 Å². The Morgan fingerprint density at radius 1 is 1.03 bits per heavy atom. The van der Waals surface area contributed by atoms with Crippen LogP contribution in [-0.4, -0.2) is 45.3 Å². The molecule has 2 aromatic carbocycles. The van der Waals surface area contributed by atoms with Gasteiger partial charge in [-0.2, -0.15) is 13.2 Å². The first-order valence-electron chi connectivity index (χ1n) is 11.2. The van der Waals surface area contributed by atoms with Gasteiger partial charge in [-0.3, -0.25) is 4.79 Å². The molecule has 10 heteroatoms. The van der Waals surface area contributed by atoms with Gasteiger partial charge in [-0.25, -0.2) is 4.79 Å². The van der Waals surface area contributed by atoms with Crippen LogP contribution in [0.4, 0.5) is 35.0 Å². The van der Waals surface area contributed by atoms with Gasteiger partial charge in [-0.05, 0) is 56.0 Å². The largest absolute Gasteiger partial charge is 0.418 e. The Morgan fingerprint density at radius 3 is 2.47 bits per heavy atom. The minimum Gasteiger partial charge on any atom is -0.385 e. The summed E-state index contributed by atoms with van der Waals surface area (Å²) in [6, 6.07) is 8.84. The number of urea groups is 1. The molecule has 34 heavy (non-hydrogen) atoms. The zero-order chi connectivity index (χ0) is 24.6. The van der Waals surface area contributed by atoms with E-state index in [1.807, 2.05) is 0 Å². The number of para-hydroxylation sites is 1. The lowest BCUT2D eigenvalue weighted by molar-refractivity contribution is -0.136. The summed E-state index contributed by atoms with van der Waals surface area (Å²) in [6.45, 7) is 2.59. The summed E-state index contributed by atoms with van der Waals surface area (Å²) < 4.78 is 44.6. The Labute approximate surface area is 196 Å². The van der Waals surface area contributed by atoms with E-state index in [2.05, 4.69) is 20.9 Å². The molecular formula is C24H29F3N4O3. The van der Waals surface area contributed by atoms with Crippen molar-refractivity contribution >= 4 is 29.0 Å². The molecule has 0 radical (unpaired) electrons. The van der Waals surface area contributed by atoms with Crippen LogP contribution < -0.4 is 20.9 Å². The number of rotatable bonds is 8. The van der Waals surface area contributed by atoms with Gasteiger partial charge in [0.15, 0.2) is 0 Å². The van der Waals surface area contributed by atoms with E-state index in [1.54, 1.807) is 25.3 Å². The number of amides is 3. The van der Waals surface area contributed by atoms with Crippen LogP contribution in [0.5, 0.6) is 0 Å².